The van der Waals surface area contributed by atoms with E-state index in [1.54, 1.807) is 12.1 Å². The van der Waals surface area contributed by atoms with Crippen LogP contribution < -0.4 is 0 Å². The van der Waals surface area contributed by atoms with E-state index in [-0.39, 0.29) is 46.0 Å². The Labute approximate surface area is 277 Å². The molecule has 4 N–H and O–H groups in total. The second-order valence-electron chi connectivity index (χ2n) is 11.7. The zero-order valence-electron chi connectivity index (χ0n) is 26.3. The van der Waals surface area contributed by atoms with Crippen LogP contribution in [-0.2, 0) is 0 Å². The molecule has 0 fully saturated rings. The largest absolute Gasteiger partial charge is 0.507 e. The molecule has 0 aliphatic heterocycles. The summed E-state index contributed by atoms with van der Waals surface area (Å²) in [5.74, 6) is 0.531. The van der Waals surface area contributed by atoms with Crippen LogP contribution >= 0.6 is 0 Å². The van der Waals surface area contributed by atoms with Gasteiger partial charge in [-0.15, -0.1) is 0 Å². The maximum Gasteiger partial charge on any atom is 0.167 e. The van der Waals surface area contributed by atoms with Gasteiger partial charge < -0.3 is 20.4 Å². The number of aryl methyl sites for hydroxylation is 2. The molecule has 0 saturated carbocycles. The molecule has 7 aromatic rings. The number of aromatic hydroxyl groups is 4. The molecule has 0 atom stereocenters. The molecular formula is C41H31N3O4. The molecule has 234 valence electrons. The number of aromatic nitrogens is 3. The molecule has 0 aliphatic rings. The van der Waals surface area contributed by atoms with Gasteiger partial charge in [-0.3, -0.25) is 0 Å². The fourth-order valence-corrected chi connectivity index (χ4v) is 5.91. The summed E-state index contributed by atoms with van der Waals surface area (Å²) in [7, 11) is 0. The second-order valence-corrected chi connectivity index (χ2v) is 11.7. The van der Waals surface area contributed by atoms with Crippen LogP contribution in [0.1, 0.15) is 11.1 Å². The van der Waals surface area contributed by atoms with E-state index in [1.165, 1.54) is 12.1 Å². The summed E-state index contributed by atoms with van der Waals surface area (Å²) in [6, 6.07) is 38.4. The van der Waals surface area contributed by atoms with Crippen molar-refractivity contribution in [1.82, 2.24) is 15.0 Å². The topological polar surface area (TPSA) is 120 Å². The quantitative estimate of drug-likeness (QED) is 0.135. The highest BCUT2D eigenvalue weighted by Crippen LogP contribution is 2.42. The molecule has 6 aromatic carbocycles. The van der Waals surface area contributed by atoms with Crippen molar-refractivity contribution in [3.8, 4) is 90.5 Å². The van der Waals surface area contributed by atoms with Crippen molar-refractivity contribution >= 4 is 0 Å². The SMILES string of the molecule is Cc1cc(-c2ccccc2)c(O)cc1-c1nc(-c2cc(O)c(-c3ccccc3)cc2C)nc(-c2cc(O)c(-c3ccccc3)cc2O)n1. The van der Waals surface area contributed by atoms with Crippen molar-refractivity contribution < 1.29 is 20.4 Å². The Bertz CT molecular complexity index is 2020. The van der Waals surface area contributed by atoms with E-state index < -0.39 is 0 Å². The van der Waals surface area contributed by atoms with Gasteiger partial charge in [-0.05, 0) is 78.1 Å². The molecule has 7 rings (SSSR count). The zero-order chi connectivity index (χ0) is 33.4. The molecule has 1 aromatic heterocycles. The van der Waals surface area contributed by atoms with Crippen molar-refractivity contribution in [2.75, 3.05) is 0 Å². The number of benzene rings is 6. The number of hydrogen-bond donors (Lipinski definition) is 4. The van der Waals surface area contributed by atoms with Gasteiger partial charge in [0, 0.05) is 27.8 Å². The van der Waals surface area contributed by atoms with Gasteiger partial charge in [-0.2, -0.15) is 0 Å². The minimum atomic E-state index is -0.132. The Balaban J connectivity index is 1.42. The third-order valence-electron chi connectivity index (χ3n) is 8.41. The fourth-order valence-electron chi connectivity index (χ4n) is 5.91. The van der Waals surface area contributed by atoms with Crippen molar-refractivity contribution in [2.45, 2.75) is 13.8 Å². The summed E-state index contributed by atoms with van der Waals surface area (Å²) < 4.78 is 0. The summed E-state index contributed by atoms with van der Waals surface area (Å²) in [5, 5.41) is 44.7. The molecule has 0 unspecified atom stereocenters. The van der Waals surface area contributed by atoms with E-state index in [0.29, 0.717) is 27.8 Å². The average Bonchev–Trinajstić information content (AvgIpc) is 3.11. The van der Waals surface area contributed by atoms with Gasteiger partial charge in [0.25, 0.3) is 0 Å². The highest BCUT2D eigenvalue weighted by atomic mass is 16.3. The molecule has 7 nitrogen and oxygen atoms in total. The Kier molecular flexibility index (Phi) is 7.79. The van der Waals surface area contributed by atoms with Crippen LogP contribution in [0.3, 0.4) is 0 Å². The van der Waals surface area contributed by atoms with Gasteiger partial charge in [-0.25, -0.2) is 15.0 Å². The Morgan fingerprint density at radius 3 is 0.979 bits per heavy atom. The third-order valence-corrected chi connectivity index (χ3v) is 8.41. The molecule has 7 heteroatoms. The van der Waals surface area contributed by atoms with E-state index in [2.05, 4.69) is 0 Å². The number of phenolic OH excluding ortho intramolecular Hbond substituents is 4. The lowest BCUT2D eigenvalue weighted by atomic mass is 9.97. The molecule has 0 aliphatic carbocycles. The van der Waals surface area contributed by atoms with Crippen LogP contribution in [0.4, 0.5) is 0 Å². The smallest absolute Gasteiger partial charge is 0.167 e. The normalized spacial score (nSPS) is 11.0. The second kappa shape index (κ2) is 12.4. The van der Waals surface area contributed by atoms with Crippen molar-refractivity contribution in [3.05, 3.63) is 139 Å². The predicted octanol–water partition coefficient (Wildman–Crippen LogP) is 9.31. The fraction of sp³-hybridized carbons (Fsp3) is 0.0488. The van der Waals surface area contributed by atoms with Crippen molar-refractivity contribution in [1.29, 1.82) is 0 Å². The summed E-state index contributed by atoms with van der Waals surface area (Å²) in [6.45, 7) is 3.82. The maximum atomic E-state index is 11.3. The van der Waals surface area contributed by atoms with Gasteiger partial charge in [0.2, 0.25) is 0 Å². The van der Waals surface area contributed by atoms with Gasteiger partial charge in [0.05, 0.1) is 5.56 Å². The first-order valence-corrected chi connectivity index (χ1v) is 15.4. The van der Waals surface area contributed by atoms with Crippen LogP contribution in [0.2, 0.25) is 0 Å². The molecule has 1 heterocycles. The van der Waals surface area contributed by atoms with E-state index in [9.17, 15) is 20.4 Å². The minimum absolute atomic E-state index is 0.0547. The summed E-state index contributed by atoms with van der Waals surface area (Å²) >= 11 is 0. The predicted molar refractivity (Wildman–Crippen MR) is 189 cm³/mol. The van der Waals surface area contributed by atoms with Crippen molar-refractivity contribution in [3.63, 3.8) is 0 Å². The monoisotopic (exact) mass is 629 g/mol. The van der Waals surface area contributed by atoms with Crippen LogP contribution in [0.15, 0.2) is 127 Å². The lowest BCUT2D eigenvalue weighted by molar-refractivity contribution is 0.463. The van der Waals surface area contributed by atoms with E-state index in [0.717, 1.165) is 27.8 Å². The van der Waals surface area contributed by atoms with Crippen LogP contribution in [0.5, 0.6) is 23.0 Å². The minimum Gasteiger partial charge on any atom is -0.507 e. The molecular weight excluding hydrogens is 598 g/mol. The molecule has 0 radical (unpaired) electrons. The van der Waals surface area contributed by atoms with Gasteiger partial charge in [0.15, 0.2) is 17.5 Å². The van der Waals surface area contributed by atoms with Crippen LogP contribution in [0, 0.1) is 13.8 Å². The highest BCUT2D eigenvalue weighted by Gasteiger charge is 2.21. The summed E-state index contributed by atoms with van der Waals surface area (Å²) in [4.78, 5) is 14.4. The molecule has 0 spiro atoms. The van der Waals surface area contributed by atoms with E-state index in [1.807, 2.05) is 117 Å². The van der Waals surface area contributed by atoms with Gasteiger partial charge in [0.1, 0.15) is 23.0 Å². The molecule has 0 saturated heterocycles. The maximum absolute atomic E-state index is 11.3. The number of nitrogens with zero attached hydrogens (tertiary/aromatic N) is 3. The van der Waals surface area contributed by atoms with Gasteiger partial charge >= 0.3 is 0 Å². The lowest BCUT2D eigenvalue weighted by Gasteiger charge is -2.15. The number of hydrogen-bond acceptors (Lipinski definition) is 7. The molecule has 0 bridgehead atoms. The number of phenols is 4. The Morgan fingerprint density at radius 1 is 0.333 bits per heavy atom. The van der Waals surface area contributed by atoms with E-state index >= 15 is 0 Å². The van der Waals surface area contributed by atoms with Crippen LogP contribution in [0.25, 0.3) is 67.5 Å². The zero-order valence-corrected chi connectivity index (χ0v) is 26.3. The average molecular weight is 630 g/mol. The van der Waals surface area contributed by atoms with Crippen molar-refractivity contribution in [2.24, 2.45) is 0 Å². The summed E-state index contributed by atoms with van der Waals surface area (Å²) in [5.41, 5.74) is 7.20. The number of rotatable bonds is 6. The third kappa shape index (κ3) is 5.69. The first-order chi connectivity index (χ1) is 23.3. The van der Waals surface area contributed by atoms with Crippen LogP contribution in [-0.4, -0.2) is 35.4 Å². The summed E-state index contributed by atoms with van der Waals surface area (Å²) in [6.07, 6.45) is 0. The standard InChI is InChI=1S/C41H31N3O4/c1-24-18-31(26-12-6-3-7-13-26)35(45)20-29(24)39-42-40(30-21-36(46)32(19-25(30)2)27-14-8-4-9-15-27)44-41(43-39)34-23-37(47)33(22-38(34)48)28-16-10-5-11-17-28/h3-23,45-48H,1-2H3. The first-order valence-electron chi connectivity index (χ1n) is 15.4. The molecule has 0 amide bonds. The van der Waals surface area contributed by atoms with Gasteiger partial charge in [-0.1, -0.05) is 91.0 Å². The lowest BCUT2D eigenvalue weighted by Crippen LogP contribution is -2.02. The Hall–Kier alpha value is -6.47. The first kappa shape index (κ1) is 30.2. The highest BCUT2D eigenvalue weighted by molar-refractivity contribution is 5.82. The molecule has 48 heavy (non-hydrogen) atoms. The van der Waals surface area contributed by atoms with E-state index in [4.69, 9.17) is 15.0 Å². The Morgan fingerprint density at radius 2 is 0.604 bits per heavy atom.